The summed E-state index contributed by atoms with van der Waals surface area (Å²) in [5, 5.41) is 4.60. The minimum absolute atomic E-state index is 0.126. The van der Waals surface area contributed by atoms with E-state index in [2.05, 4.69) is 5.32 Å². The molecule has 2 aromatic heterocycles. The van der Waals surface area contributed by atoms with Gasteiger partial charge in [-0.15, -0.1) is 22.7 Å². The van der Waals surface area contributed by atoms with E-state index in [0.29, 0.717) is 10.9 Å². The van der Waals surface area contributed by atoms with E-state index < -0.39 is 10.0 Å². The van der Waals surface area contributed by atoms with Crippen LogP contribution in [0.25, 0.3) is 0 Å². The Morgan fingerprint density at radius 1 is 1.38 bits per heavy atom. The lowest BCUT2D eigenvalue weighted by atomic mass is 10.4. The van der Waals surface area contributed by atoms with Gasteiger partial charge in [0.05, 0.1) is 17.4 Å². The Labute approximate surface area is 136 Å². The number of carbonyl (C=O) groups is 1. The summed E-state index contributed by atoms with van der Waals surface area (Å²) in [6.45, 7) is 0.165. The van der Waals surface area contributed by atoms with E-state index in [1.807, 2.05) is 17.5 Å². The minimum Gasteiger partial charge on any atom is -0.350 e. The maximum Gasteiger partial charge on any atom is 0.252 e. The van der Waals surface area contributed by atoms with Crippen molar-refractivity contribution in [3.63, 3.8) is 0 Å². The molecule has 0 atom stereocenters. The summed E-state index contributed by atoms with van der Waals surface area (Å²) in [5.74, 6) is -0.350. The number of likely N-dealkylation sites (N-methyl/N-ethyl adjacent to an activating group) is 1. The molecule has 0 fully saturated rings. The number of nitrogens with one attached hydrogen (secondary N) is 1. The normalized spacial score (nSPS) is 11.8. The topological polar surface area (TPSA) is 66.5 Å². The predicted octanol–water partition coefficient (Wildman–Crippen LogP) is 2.40. The minimum atomic E-state index is -3.68. The number of halogens is 1. The number of carbonyl (C=O) groups excluding carboxylic acids is 1. The van der Waals surface area contributed by atoms with Gasteiger partial charge >= 0.3 is 0 Å². The highest BCUT2D eigenvalue weighted by molar-refractivity contribution is 7.91. The van der Waals surface area contributed by atoms with Crippen LogP contribution in [-0.2, 0) is 21.4 Å². The third-order valence-electron chi connectivity index (χ3n) is 2.62. The number of nitrogens with zero attached hydrogens (tertiary/aromatic N) is 1. The summed E-state index contributed by atoms with van der Waals surface area (Å²) >= 11 is 8.24. The Hall–Kier alpha value is -0.930. The first kappa shape index (κ1) is 16.4. The van der Waals surface area contributed by atoms with Gasteiger partial charge in [-0.3, -0.25) is 4.79 Å². The van der Waals surface area contributed by atoms with Crippen molar-refractivity contribution in [2.45, 2.75) is 10.8 Å². The molecular formula is C12H13ClN2O3S3. The number of hydrogen-bond donors (Lipinski definition) is 1. The summed E-state index contributed by atoms with van der Waals surface area (Å²) < 4.78 is 26.0. The largest absolute Gasteiger partial charge is 0.350 e. The first-order valence-electron chi connectivity index (χ1n) is 5.90. The molecule has 114 valence electrons. The van der Waals surface area contributed by atoms with Gasteiger partial charge in [-0.25, -0.2) is 8.42 Å². The quantitative estimate of drug-likeness (QED) is 0.855. The van der Waals surface area contributed by atoms with Crippen LogP contribution in [0.2, 0.25) is 4.34 Å². The lowest BCUT2D eigenvalue weighted by Crippen LogP contribution is -2.37. The Balaban J connectivity index is 1.94. The van der Waals surface area contributed by atoms with Crippen LogP contribution >= 0.6 is 34.3 Å². The summed E-state index contributed by atoms with van der Waals surface area (Å²) in [6.07, 6.45) is 0. The zero-order chi connectivity index (χ0) is 15.5. The number of sulfonamides is 1. The van der Waals surface area contributed by atoms with Gasteiger partial charge in [0, 0.05) is 11.9 Å². The highest BCUT2D eigenvalue weighted by Crippen LogP contribution is 2.27. The van der Waals surface area contributed by atoms with Crippen LogP contribution in [0.3, 0.4) is 0 Å². The molecular weight excluding hydrogens is 352 g/mol. The fraction of sp³-hybridized carbons (Fsp3) is 0.250. The average Bonchev–Trinajstić information content (AvgIpc) is 3.07. The van der Waals surface area contributed by atoms with Crippen LogP contribution in [0, 0.1) is 0 Å². The van der Waals surface area contributed by atoms with Gasteiger partial charge in [0.15, 0.2) is 0 Å². The van der Waals surface area contributed by atoms with Gasteiger partial charge in [-0.1, -0.05) is 17.7 Å². The van der Waals surface area contributed by atoms with E-state index in [-0.39, 0.29) is 16.7 Å². The van der Waals surface area contributed by atoms with Crippen molar-refractivity contribution in [3.05, 3.63) is 38.9 Å². The highest BCUT2D eigenvalue weighted by atomic mass is 35.5. The number of hydrogen-bond acceptors (Lipinski definition) is 5. The monoisotopic (exact) mass is 364 g/mol. The molecule has 9 heteroatoms. The van der Waals surface area contributed by atoms with Gasteiger partial charge in [-0.05, 0) is 23.6 Å². The van der Waals surface area contributed by atoms with Gasteiger partial charge in [0.1, 0.15) is 4.21 Å². The highest BCUT2D eigenvalue weighted by Gasteiger charge is 2.24. The van der Waals surface area contributed by atoms with Crippen molar-refractivity contribution in [1.29, 1.82) is 0 Å². The molecule has 1 amide bonds. The Morgan fingerprint density at radius 3 is 2.71 bits per heavy atom. The van der Waals surface area contributed by atoms with Crippen molar-refractivity contribution >= 4 is 50.2 Å². The Morgan fingerprint density at radius 2 is 2.14 bits per heavy atom. The van der Waals surface area contributed by atoms with E-state index in [1.54, 1.807) is 0 Å². The predicted molar refractivity (Wildman–Crippen MR) is 85.3 cm³/mol. The van der Waals surface area contributed by atoms with Crippen LogP contribution in [0.1, 0.15) is 4.88 Å². The lowest BCUT2D eigenvalue weighted by molar-refractivity contribution is -0.121. The second-order valence-electron chi connectivity index (χ2n) is 4.18. The number of rotatable bonds is 6. The molecule has 0 spiro atoms. The molecule has 0 bridgehead atoms. The van der Waals surface area contributed by atoms with E-state index >= 15 is 0 Å². The first-order chi connectivity index (χ1) is 9.89. The van der Waals surface area contributed by atoms with Gasteiger partial charge in [0.25, 0.3) is 10.0 Å². The van der Waals surface area contributed by atoms with Crippen LogP contribution < -0.4 is 5.32 Å². The van der Waals surface area contributed by atoms with Crippen LogP contribution in [0.4, 0.5) is 0 Å². The molecule has 1 N–H and O–H groups in total. The van der Waals surface area contributed by atoms with Crippen molar-refractivity contribution in [1.82, 2.24) is 9.62 Å². The van der Waals surface area contributed by atoms with Crippen molar-refractivity contribution in [2.24, 2.45) is 0 Å². The van der Waals surface area contributed by atoms with Gasteiger partial charge in [0.2, 0.25) is 5.91 Å². The molecule has 5 nitrogen and oxygen atoms in total. The fourth-order valence-electron chi connectivity index (χ4n) is 1.53. The third kappa shape index (κ3) is 4.27. The summed E-state index contributed by atoms with van der Waals surface area (Å²) in [6, 6.07) is 6.74. The van der Waals surface area contributed by atoms with Gasteiger partial charge < -0.3 is 5.32 Å². The van der Waals surface area contributed by atoms with Crippen LogP contribution in [-0.4, -0.2) is 32.2 Å². The summed E-state index contributed by atoms with van der Waals surface area (Å²) in [7, 11) is -2.31. The third-order valence-corrected chi connectivity index (χ3v) is 7.00. The smallest absolute Gasteiger partial charge is 0.252 e. The zero-order valence-electron chi connectivity index (χ0n) is 11.1. The van der Waals surface area contributed by atoms with E-state index in [0.717, 1.165) is 20.5 Å². The molecule has 0 aliphatic rings. The summed E-state index contributed by atoms with van der Waals surface area (Å²) in [5.41, 5.74) is 0. The second-order valence-corrected chi connectivity index (χ2v) is 9.19. The molecule has 0 radical (unpaired) electrons. The fourth-order valence-corrected chi connectivity index (χ4v) is 5.00. The molecule has 2 aromatic rings. The van der Waals surface area contributed by atoms with Gasteiger partial charge in [-0.2, -0.15) is 4.31 Å². The molecule has 0 saturated heterocycles. The molecule has 0 aliphatic heterocycles. The van der Waals surface area contributed by atoms with E-state index in [1.165, 1.54) is 30.5 Å². The van der Waals surface area contributed by atoms with Crippen LogP contribution in [0.5, 0.6) is 0 Å². The molecule has 2 heterocycles. The van der Waals surface area contributed by atoms with Crippen molar-refractivity contribution in [2.75, 3.05) is 13.6 Å². The molecule has 0 saturated carbocycles. The standard InChI is InChI=1S/C12H13ClN2O3S3/c1-15(21(17,18)12-5-4-10(13)20-12)8-11(16)14-7-9-3-2-6-19-9/h2-6H,7-8H2,1H3,(H,14,16). The molecule has 21 heavy (non-hydrogen) atoms. The van der Waals surface area contributed by atoms with Crippen molar-refractivity contribution < 1.29 is 13.2 Å². The van der Waals surface area contributed by atoms with Crippen LogP contribution in [0.15, 0.2) is 33.9 Å². The summed E-state index contributed by atoms with van der Waals surface area (Å²) in [4.78, 5) is 12.8. The lowest BCUT2D eigenvalue weighted by Gasteiger charge is -2.15. The zero-order valence-corrected chi connectivity index (χ0v) is 14.3. The van der Waals surface area contributed by atoms with E-state index in [9.17, 15) is 13.2 Å². The first-order valence-corrected chi connectivity index (χ1v) is 9.42. The van der Waals surface area contributed by atoms with E-state index in [4.69, 9.17) is 11.6 Å². The molecule has 0 unspecified atom stereocenters. The molecule has 0 aliphatic carbocycles. The Kier molecular flexibility index (Phi) is 5.39. The number of amides is 1. The number of thiophene rings is 2. The molecule has 2 rings (SSSR count). The Bertz CT molecular complexity index is 710. The maximum atomic E-state index is 12.2. The maximum absolute atomic E-state index is 12.2. The molecule has 0 aromatic carbocycles. The second kappa shape index (κ2) is 6.89. The van der Waals surface area contributed by atoms with Crippen molar-refractivity contribution in [3.8, 4) is 0 Å². The average molecular weight is 365 g/mol. The SMILES string of the molecule is CN(CC(=O)NCc1cccs1)S(=O)(=O)c1ccc(Cl)s1.